The Balaban J connectivity index is 1.57. The van der Waals surface area contributed by atoms with E-state index < -0.39 is 28.7 Å². The number of halogens is 3. The summed E-state index contributed by atoms with van der Waals surface area (Å²) in [6.45, 7) is 6.42. The molecule has 3 rings (SSSR count). The summed E-state index contributed by atoms with van der Waals surface area (Å²) in [7, 11) is 0. The Morgan fingerprint density at radius 2 is 1.89 bits per heavy atom. The average Bonchev–Trinajstić information content (AvgIpc) is 3.32. The van der Waals surface area contributed by atoms with Crippen LogP contribution in [-0.2, 0) is 15.8 Å². The number of carbonyl (C=O) groups is 2. The quantitative estimate of drug-likeness (QED) is 0.404. The Morgan fingerprint density at radius 3 is 2.46 bits per heavy atom. The molecular weight excluding hydrogens is 479 g/mol. The molecule has 0 bridgehead atoms. The van der Waals surface area contributed by atoms with E-state index in [1.807, 2.05) is 0 Å². The third kappa shape index (κ3) is 5.76. The Kier molecular flexibility index (Phi) is 8.07. The molecular formula is C24H30F3N5O2S. The Labute approximate surface area is 208 Å². The van der Waals surface area contributed by atoms with E-state index in [0.29, 0.717) is 6.54 Å². The average molecular weight is 510 g/mol. The first-order valence-electron chi connectivity index (χ1n) is 11.7. The van der Waals surface area contributed by atoms with Crippen molar-refractivity contribution in [3.8, 4) is 6.07 Å². The third-order valence-corrected chi connectivity index (χ3v) is 7.19. The van der Waals surface area contributed by atoms with Crippen LogP contribution in [0.25, 0.3) is 0 Å². The van der Waals surface area contributed by atoms with Gasteiger partial charge in [-0.25, -0.2) is 0 Å². The zero-order valence-corrected chi connectivity index (χ0v) is 20.7. The monoisotopic (exact) mass is 509 g/mol. The summed E-state index contributed by atoms with van der Waals surface area (Å²) >= 11 is 5.51. The number of benzene rings is 1. The van der Waals surface area contributed by atoms with Crippen molar-refractivity contribution in [2.24, 2.45) is 11.7 Å². The molecule has 1 aromatic rings. The van der Waals surface area contributed by atoms with Crippen LogP contribution >= 0.6 is 12.2 Å². The second-order valence-electron chi connectivity index (χ2n) is 9.58. The highest BCUT2D eigenvalue weighted by atomic mass is 32.1. The number of likely N-dealkylation sites (tertiary alicyclic amines) is 1. The Bertz CT molecular complexity index is 1040. The predicted molar refractivity (Wildman–Crippen MR) is 129 cm³/mol. The van der Waals surface area contributed by atoms with Crippen molar-refractivity contribution >= 4 is 34.8 Å². The lowest BCUT2D eigenvalue weighted by molar-refractivity contribution is -0.137. The van der Waals surface area contributed by atoms with Crippen LogP contribution in [0.15, 0.2) is 18.2 Å². The van der Waals surface area contributed by atoms with E-state index in [4.69, 9.17) is 23.2 Å². The second kappa shape index (κ2) is 10.5. The molecule has 2 saturated heterocycles. The standard InChI is InChI=1S/C24H30F3N5O2S/c1-23(2)21(34)32(18-8-7-16(14-28)19(13-18)24(25,26)27)22(35)31(23)11-6-4-3-5-10-30-12-9-17(15-30)20(29)33/h7-8,13,17H,3-6,9-12,15H2,1-2H3,(H2,29,33). The summed E-state index contributed by atoms with van der Waals surface area (Å²) in [4.78, 5) is 29.6. The first kappa shape index (κ1) is 26.9. The summed E-state index contributed by atoms with van der Waals surface area (Å²) in [5, 5.41) is 9.19. The summed E-state index contributed by atoms with van der Waals surface area (Å²) in [5.41, 5.74) is 2.78. The molecule has 35 heavy (non-hydrogen) atoms. The van der Waals surface area contributed by atoms with E-state index in [0.717, 1.165) is 68.8 Å². The molecule has 2 aliphatic heterocycles. The lowest BCUT2D eigenvalue weighted by atomic mass is 10.0. The van der Waals surface area contributed by atoms with Gasteiger partial charge in [0.25, 0.3) is 5.91 Å². The van der Waals surface area contributed by atoms with Crippen molar-refractivity contribution in [3.63, 3.8) is 0 Å². The largest absolute Gasteiger partial charge is 0.417 e. The molecule has 190 valence electrons. The van der Waals surface area contributed by atoms with E-state index >= 15 is 0 Å². The number of alkyl halides is 3. The van der Waals surface area contributed by atoms with E-state index in [1.54, 1.807) is 24.8 Å². The molecule has 2 fully saturated rings. The summed E-state index contributed by atoms with van der Waals surface area (Å²) in [6, 6.07) is 4.74. The smallest absolute Gasteiger partial charge is 0.369 e. The maximum absolute atomic E-state index is 13.4. The molecule has 1 unspecified atom stereocenters. The number of amides is 2. The minimum Gasteiger partial charge on any atom is -0.369 e. The van der Waals surface area contributed by atoms with E-state index in [9.17, 15) is 22.8 Å². The van der Waals surface area contributed by atoms with Crippen molar-refractivity contribution < 1.29 is 22.8 Å². The molecule has 2 amide bonds. The van der Waals surface area contributed by atoms with Gasteiger partial charge in [0.15, 0.2) is 5.11 Å². The normalized spacial score (nSPS) is 20.5. The minimum atomic E-state index is -4.73. The first-order chi connectivity index (χ1) is 16.4. The van der Waals surface area contributed by atoms with Gasteiger partial charge >= 0.3 is 6.18 Å². The van der Waals surface area contributed by atoms with Gasteiger partial charge in [-0.2, -0.15) is 18.4 Å². The van der Waals surface area contributed by atoms with Crippen LogP contribution in [0.4, 0.5) is 18.9 Å². The third-order valence-electron chi connectivity index (χ3n) is 6.79. The molecule has 1 atom stereocenters. The topological polar surface area (TPSA) is 93.7 Å². The Morgan fingerprint density at radius 1 is 1.23 bits per heavy atom. The summed E-state index contributed by atoms with van der Waals surface area (Å²) in [5.74, 6) is -0.702. The maximum atomic E-state index is 13.4. The molecule has 2 N–H and O–H groups in total. The van der Waals surface area contributed by atoms with Gasteiger partial charge in [-0.3, -0.25) is 14.5 Å². The molecule has 0 saturated carbocycles. The van der Waals surface area contributed by atoms with Crippen molar-refractivity contribution in [2.75, 3.05) is 31.1 Å². The van der Waals surface area contributed by atoms with Crippen LogP contribution in [0.3, 0.4) is 0 Å². The molecule has 7 nitrogen and oxygen atoms in total. The summed E-state index contributed by atoms with van der Waals surface area (Å²) in [6.07, 6.45) is -0.278. The van der Waals surface area contributed by atoms with E-state index in [2.05, 4.69) is 4.90 Å². The molecule has 0 aromatic heterocycles. The maximum Gasteiger partial charge on any atom is 0.417 e. The lowest BCUT2D eigenvalue weighted by Crippen LogP contribution is -2.44. The number of unbranched alkanes of at least 4 members (excludes halogenated alkanes) is 3. The van der Waals surface area contributed by atoms with Crippen molar-refractivity contribution in [1.82, 2.24) is 9.80 Å². The van der Waals surface area contributed by atoms with Crippen LogP contribution < -0.4 is 10.6 Å². The molecule has 0 aliphatic carbocycles. The number of thiocarbonyl (C=S) groups is 1. The van der Waals surface area contributed by atoms with Gasteiger partial charge in [0.05, 0.1) is 28.8 Å². The fourth-order valence-corrected chi connectivity index (χ4v) is 5.18. The molecule has 2 aliphatic rings. The summed E-state index contributed by atoms with van der Waals surface area (Å²) < 4.78 is 40.3. The number of anilines is 1. The van der Waals surface area contributed by atoms with Crippen molar-refractivity contribution in [2.45, 2.75) is 57.7 Å². The van der Waals surface area contributed by atoms with Crippen LogP contribution in [-0.4, -0.2) is 58.4 Å². The van der Waals surface area contributed by atoms with Crippen LogP contribution in [0, 0.1) is 17.2 Å². The Hall–Kier alpha value is -2.71. The lowest BCUT2D eigenvalue weighted by Gasteiger charge is -2.29. The zero-order chi connectivity index (χ0) is 26.0. The molecule has 0 spiro atoms. The van der Waals surface area contributed by atoms with Gasteiger partial charge in [-0.1, -0.05) is 12.8 Å². The van der Waals surface area contributed by atoms with Crippen LogP contribution in [0.2, 0.25) is 0 Å². The molecule has 0 radical (unpaired) electrons. The van der Waals surface area contributed by atoms with Gasteiger partial charge < -0.3 is 15.5 Å². The first-order valence-corrected chi connectivity index (χ1v) is 12.1. The van der Waals surface area contributed by atoms with Crippen molar-refractivity contribution in [1.29, 1.82) is 5.26 Å². The predicted octanol–water partition coefficient (Wildman–Crippen LogP) is 3.66. The number of nitrogens with zero attached hydrogens (tertiary/aromatic N) is 4. The van der Waals surface area contributed by atoms with E-state index in [-0.39, 0.29) is 22.6 Å². The molecule has 1 aromatic carbocycles. The zero-order valence-electron chi connectivity index (χ0n) is 19.9. The van der Waals surface area contributed by atoms with Crippen molar-refractivity contribution in [3.05, 3.63) is 29.3 Å². The number of nitriles is 1. The SMILES string of the molecule is CC1(C)C(=O)N(c2ccc(C#N)c(C(F)(F)F)c2)C(=S)N1CCCCCCN1CCC(C(N)=O)C1. The van der Waals surface area contributed by atoms with Gasteiger partial charge in [0.2, 0.25) is 5.91 Å². The van der Waals surface area contributed by atoms with Gasteiger partial charge in [-0.05, 0) is 76.6 Å². The van der Waals surface area contributed by atoms with Gasteiger partial charge in [0, 0.05) is 13.1 Å². The van der Waals surface area contributed by atoms with Crippen LogP contribution in [0.5, 0.6) is 0 Å². The number of primary amides is 1. The fourth-order valence-electron chi connectivity index (χ4n) is 4.67. The molecule has 11 heteroatoms. The highest BCUT2D eigenvalue weighted by Gasteiger charge is 2.49. The minimum absolute atomic E-state index is 0.00165. The van der Waals surface area contributed by atoms with Gasteiger partial charge in [-0.15, -0.1) is 0 Å². The van der Waals surface area contributed by atoms with Crippen LogP contribution in [0.1, 0.15) is 57.1 Å². The highest BCUT2D eigenvalue weighted by molar-refractivity contribution is 7.80. The number of carbonyl (C=O) groups excluding carboxylic acids is 2. The molecule has 2 heterocycles. The highest BCUT2D eigenvalue weighted by Crippen LogP contribution is 2.38. The number of rotatable bonds is 9. The van der Waals surface area contributed by atoms with Gasteiger partial charge in [0.1, 0.15) is 5.54 Å². The number of hydrogen-bond acceptors (Lipinski definition) is 5. The fraction of sp³-hybridized carbons (Fsp3) is 0.583. The number of hydrogen-bond donors (Lipinski definition) is 1. The number of nitrogens with two attached hydrogens (primary N) is 1. The van der Waals surface area contributed by atoms with E-state index in [1.165, 1.54) is 6.07 Å². The second-order valence-corrected chi connectivity index (χ2v) is 9.94.